The highest BCUT2D eigenvalue weighted by atomic mass is 13.4. The van der Waals surface area contributed by atoms with Gasteiger partial charge in [-0.15, -0.1) is 5.73 Å². The standard InChI is InChI=1S/C3H8.C3H4/c2*1-3-2/h3H2,1-2H3;1-2H2. The zero-order valence-corrected chi connectivity index (χ0v) is 4.62. The van der Waals surface area contributed by atoms with Crippen molar-refractivity contribution in [3.8, 4) is 0 Å². The van der Waals surface area contributed by atoms with Gasteiger partial charge in [-0.3, -0.25) is 0 Å². The second kappa shape index (κ2) is 24.2. The number of hydrogen-bond donors (Lipinski definition) is 0. The van der Waals surface area contributed by atoms with E-state index in [0.717, 1.165) is 0 Å². The van der Waals surface area contributed by atoms with E-state index in [-0.39, 0.29) is 0 Å². The van der Waals surface area contributed by atoms with E-state index in [9.17, 15) is 0 Å². The molecular weight excluding hydrogens is 72.1 g/mol. The Bertz CT molecular complexity index is 29.3. The van der Waals surface area contributed by atoms with Crippen molar-refractivity contribution in [3.63, 3.8) is 0 Å². The molecule has 0 aromatic carbocycles. The third-order valence-corrected chi connectivity index (χ3v) is 0. The predicted octanol–water partition coefficient (Wildman–Crippen LogP) is 2.37. The minimum absolute atomic E-state index is 1.25. The Hall–Kier alpha value is -0.480. The molecule has 36 valence electrons. The van der Waals surface area contributed by atoms with Crippen LogP contribution in [0.1, 0.15) is 20.3 Å². The molecule has 0 aromatic rings. The number of hydrogen-bond acceptors (Lipinski definition) is 0. The van der Waals surface area contributed by atoms with Crippen molar-refractivity contribution in [2.75, 3.05) is 0 Å². The van der Waals surface area contributed by atoms with Gasteiger partial charge in [-0.2, -0.15) is 0 Å². The van der Waals surface area contributed by atoms with Crippen molar-refractivity contribution < 1.29 is 0 Å². The fourth-order valence-electron chi connectivity index (χ4n) is 0. The molecule has 0 saturated carbocycles. The van der Waals surface area contributed by atoms with Gasteiger partial charge in [0.15, 0.2) is 0 Å². The summed E-state index contributed by atoms with van der Waals surface area (Å²) in [6.07, 6.45) is 1.25. The molecule has 0 aliphatic rings. The lowest BCUT2D eigenvalue weighted by molar-refractivity contribution is 1.09. The van der Waals surface area contributed by atoms with Crippen LogP contribution in [0.3, 0.4) is 0 Å². The topological polar surface area (TPSA) is 0 Å². The molecule has 0 nitrogen and oxygen atoms in total. The highest BCUT2D eigenvalue weighted by Crippen LogP contribution is 1.56. The molecule has 0 aliphatic heterocycles. The molecule has 0 heterocycles. The SMILES string of the molecule is C=C=C.CCC. The normalized spacial score (nSPS) is 4.33. The van der Waals surface area contributed by atoms with Crippen LogP contribution in [0.5, 0.6) is 0 Å². The van der Waals surface area contributed by atoms with Crippen molar-refractivity contribution in [2.24, 2.45) is 0 Å². The maximum absolute atomic E-state index is 3.12. The lowest BCUT2D eigenvalue weighted by Crippen LogP contribution is -1.27. The summed E-state index contributed by atoms with van der Waals surface area (Å²) < 4.78 is 0. The van der Waals surface area contributed by atoms with Crippen LogP contribution in [-0.2, 0) is 0 Å². The maximum Gasteiger partial charge on any atom is -0.0572 e. The van der Waals surface area contributed by atoms with Crippen LogP contribution in [0.4, 0.5) is 0 Å². The van der Waals surface area contributed by atoms with Crippen LogP contribution in [-0.4, -0.2) is 0 Å². The molecule has 6 heavy (non-hydrogen) atoms. The predicted molar refractivity (Wildman–Crippen MR) is 30.7 cm³/mol. The Morgan fingerprint density at radius 1 is 1.33 bits per heavy atom. The van der Waals surface area contributed by atoms with E-state index in [1.807, 2.05) is 0 Å². The molecule has 0 heteroatoms. The van der Waals surface area contributed by atoms with Gasteiger partial charge in [-0.1, -0.05) is 33.4 Å². The van der Waals surface area contributed by atoms with Crippen molar-refractivity contribution in [3.05, 3.63) is 18.9 Å². The van der Waals surface area contributed by atoms with Gasteiger partial charge in [0.05, 0.1) is 0 Å². The average Bonchev–Trinajstić information content (AvgIpc) is 1.39. The third-order valence-electron chi connectivity index (χ3n) is 0. The molecule has 0 unspecified atom stereocenters. The van der Waals surface area contributed by atoms with Gasteiger partial charge in [0.1, 0.15) is 0 Å². The van der Waals surface area contributed by atoms with E-state index in [1.54, 1.807) is 0 Å². The van der Waals surface area contributed by atoms with Crippen molar-refractivity contribution >= 4 is 0 Å². The van der Waals surface area contributed by atoms with Gasteiger partial charge in [-0.05, 0) is 0 Å². The Balaban J connectivity index is 0. The van der Waals surface area contributed by atoms with Gasteiger partial charge in [0.25, 0.3) is 0 Å². The Morgan fingerprint density at radius 3 is 1.33 bits per heavy atom. The highest BCUT2D eigenvalue weighted by Gasteiger charge is 1.35. The molecule has 0 N–H and O–H groups in total. The van der Waals surface area contributed by atoms with Crippen molar-refractivity contribution in [1.82, 2.24) is 0 Å². The van der Waals surface area contributed by atoms with Gasteiger partial charge in [-0.25, -0.2) is 0 Å². The van der Waals surface area contributed by atoms with Gasteiger partial charge in [0.2, 0.25) is 0 Å². The minimum atomic E-state index is 1.25. The highest BCUT2D eigenvalue weighted by molar-refractivity contribution is 4.51. The van der Waals surface area contributed by atoms with Crippen molar-refractivity contribution in [1.29, 1.82) is 0 Å². The van der Waals surface area contributed by atoms with Crippen LogP contribution in [0.15, 0.2) is 18.9 Å². The van der Waals surface area contributed by atoms with E-state index < -0.39 is 0 Å². The molecule has 0 atom stereocenters. The summed E-state index contributed by atoms with van der Waals surface area (Å²) in [5, 5.41) is 0. The lowest BCUT2D eigenvalue weighted by Gasteiger charge is -1.48. The molecule has 0 rings (SSSR count). The van der Waals surface area contributed by atoms with E-state index in [2.05, 4.69) is 32.7 Å². The first-order valence-electron chi connectivity index (χ1n) is 2.12. The minimum Gasteiger partial charge on any atom is -0.137 e. The quantitative estimate of drug-likeness (QED) is 0.395. The lowest BCUT2D eigenvalue weighted by atomic mass is 10.6. The molecule has 0 aliphatic carbocycles. The smallest absolute Gasteiger partial charge is 0.0572 e. The Kier molecular flexibility index (Phi) is 36.8. The van der Waals surface area contributed by atoms with Gasteiger partial charge in [0, 0.05) is 0 Å². The summed E-state index contributed by atoms with van der Waals surface area (Å²) >= 11 is 0. The summed E-state index contributed by atoms with van der Waals surface area (Å²) in [5.74, 6) is 0. The van der Waals surface area contributed by atoms with Crippen LogP contribution in [0.25, 0.3) is 0 Å². The molecule has 0 amide bonds. The molecule has 0 saturated heterocycles. The average molecular weight is 84.2 g/mol. The third kappa shape index (κ3) is 97.0. The molecule has 0 fully saturated rings. The van der Waals surface area contributed by atoms with Crippen molar-refractivity contribution in [2.45, 2.75) is 20.3 Å². The van der Waals surface area contributed by atoms with Gasteiger partial charge < -0.3 is 0 Å². The summed E-state index contributed by atoms with van der Waals surface area (Å²) in [4.78, 5) is 0. The first-order chi connectivity index (χ1) is 2.83. The first-order valence-corrected chi connectivity index (χ1v) is 2.12. The summed E-state index contributed by atoms with van der Waals surface area (Å²) in [5.41, 5.74) is 2.25. The van der Waals surface area contributed by atoms with E-state index in [0.29, 0.717) is 0 Å². The number of rotatable bonds is 0. The maximum atomic E-state index is 3.12. The summed E-state index contributed by atoms with van der Waals surface area (Å²) in [7, 11) is 0. The zero-order valence-electron chi connectivity index (χ0n) is 4.62. The molecule has 0 spiro atoms. The first kappa shape index (κ1) is 9.10. The van der Waals surface area contributed by atoms with Crippen LogP contribution in [0, 0.1) is 0 Å². The van der Waals surface area contributed by atoms with Gasteiger partial charge >= 0.3 is 0 Å². The second-order valence-electron chi connectivity index (χ2n) is 0.957. The summed E-state index contributed by atoms with van der Waals surface area (Å²) in [6.45, 7) is 10.5. The van der Waals surface area contributed by atoms with Crippen LogP contribution in [0.2, 0.25) is 0 Å². The zero-order chi connectivity index (χ0) is 5.41. The molecule has 0 bridgehead atoms. The van der Waals surface area contributed by atoms with Crippen LogP contribution >= 0.6 is 0 Å². The van der Waals surface area contributed by atoms with E-state index >= 15 is 0 Å². The van der Waals surface area contributed by atoms with E-state index in [4.69, 9.17) is 0 Å². The molecule has 0 radical (unpaired) electrons. The van der Waals surface area contributed by atoms with Crippen LogP contribution < -0.4 is 0 Å². The Morgan fingerprint density at radius 2 is 1.33 bits per heavy atom. The largest absolute Gasteiger partial charge is 0.137 e. The van der Waals surface area contributed by atoms with E-state index in [1.165, 1.54) is 6.42 Å². The fourth-order valence-corrected chi connectivity index (χ4v) is 0. The Labute approximate surface area is 40.2 Å². The summed E-state index contributed by atoms with van der Waals surface area (Å²) in [6, 6.07) is 0. The molecule has 0 aromatic heterocycles. The molecular formula is C6H12. The fraction of sp³-hybridized carbons (Fsp3) is 0.500. The monoisotopic (exact) mass is 84.1 g/mol. The second-order valence-corrected chi connectivity index (χ2v) is 0.957.